The predicted octanol–water partition coefficient (Wildman–Crippen LogP) is 0.754. The van der Waals surface area contributed by atoms with Gasteiger partial charge in [-0.15, -0.1) is 24.8 Å². The topological polar surface area (TPSA) is 35.5 Å². The zero-order valence-electron chi connectivity index (χ0n) is 8.95. The van der Waals surface area contributed by atoms with Crippen LogP contribution in [0.4, 0.5) is 0 Å². The number of aliphatic hydroxyl groups excluding tert-OH is 1. The number of nitrogens with zero attached hydrogens (tertiary/aromatic N) is 1. The lowest BCUT2D eigenvalue weighted by Gasteiger charge is -2.38. The SMILES string of the molecule is CN(C)CC1(CO)CCCNC1.Cl.Cl. The quantitative estimate of drug-likeness (QED) is 0.770. The van der Waals surface area contributed by atoms with Crippen LogP contribution < -0.4 is 5.32 Å². The summed E-state index contributed by atoms with van der Waals surface area (Å²) in [6.45, 7) is 3.35. The summed E-state index contributed by atoms with van der Waals surface area (Å²) in [6, 6.07) is 0. The van der Waals surface area contributed by atoms with Gasteiger partial charge in [-0.25, -0.2) is 0 Å². The normalized spacial score (nSPS) is 26.6. The van der Waals surface area contributed by atoms with Gasteiger partial charge in [0.05, 0.1) is 6.61 Å². The second kappa shape index (κ2) is 7.71. The maximum absolute atomic E-state index is 9.32. The van der Waals surface area contributed by atoms with Crippen LogP contribution in [-0.2, 0) is 0 Å². The molecule has 1 fully saturated rings. The molecule has 2 N–H and O–H groups in total. The number of nitrogens with one attached hydrogen (secondary N) is 1. The van der Waals surface area contributed by atoms with Gasteiger partial charge in [0.2, 0.25) is 0 Å². The minimum Gasteiger partial charge on any atom is -0.396 e. The van der Waals surface area contributed by atoms with E-state index in [4.69, 9.17) is 0 Å². The third-order valence-electron chi connectivity index (χ3n) is 2.55. The molecule has 1 rings (SSSR count). The maximum atomic E-state index is 9.32. The van der Waals surface area contributed by atoms with E-state index in [9.17, 15) is 5.11 Å². The van der Waals surface area contributed by atoms with Crippen molar-refractivity contribution in [2.24, 2.45) is 5.41 Å². The van der Waals surface area contributed by atoms with Crippen molar-refractivity contribution in [1.29, 1.82) is 0 Å². The molecular weight excluding hydrogens is 223 g/mol. The molecule has 14 heavy (non-hydrogen) atoms. The minimum absolute atomic E-state index is 0. The Balaban J connectivity index is 0. The lowest BCUT2D eigenvalue weighted by atomic mass is 9.81. The fraction of sp³-hybridized carbons (Fsp3) is 1.00. The van der Waals surface area contributed by atoms with E-state index < -0.39 is 0 Å². The Bertz CT molecular complexity index is 139. The standard InChI is InChI=1S/C9H20N2O.2ClH/c1-11(2)7-9(8-12)4-3-5-10-6-9;;/h10,12H,3-8H2,1-2H3;2*1H. The summed E-state index contributed by atoms with van der Waals surface area (Å²) in [5.74, 6) is 0. The molecule has 1 unspecified atom stereocenters. The van der Waals surface area contributed by atoms with E-state index in [0.29, 0.717) is 6.61 Å². The molecule has 0 aliphatic carbocycles. The number of aliphatic hydroxyl groups is 1. The van der Waals surface area contributed by atoms with Crippen molar-refractivity contribution in [2.75, 3.05) is 40.3 Å². The third-order valence-corrected chi connectivity index (χ3v) is 2.55. The molecule has 3 nitrogen and oxygen atoms in total. The highest BCUT2D eigenvalue weighted by molar-refractivity contribution is 5.85. The van der Waals surface area contributed by atoms with E-state index in [1.165, 1.54) is 6.42 Å². The summed E-state index contributed by atoms with van der Waals surface area (Å²) in [4.78, 5) is 2.16. The average Bonchev–Trinajstić information content (AvgIpc) is 2.05. The summed E-state index contributed by atoms with van der Waals surface area (Å²) in [7, 11) is 4.12. The van der Waals surface area contributed by atoms with E-state index >= 15 is 0 Å². The Kier molecular flexibility index (Phi) is 9.30. The highest BCUT2D eigenvalue weighted by Gasteiger charge is 2.31. The van der Waals surface area contributed by atoms with Gasteiger partial charge in [-0.05, 0) is 33.5 Å². The van der Waals surface area contributed by atoms with E-state index in [1.807, 2.05) is 0 Å². The van der Waals surface area contributed by atoms with Gasteiger partial charge >= 0.3 is 0 Å². The number of rotatable bonds is 3. The molecule has 0 aromatic heterocycles. The molecule has 0 aromatic rings. The summed E-state index contributed by atoms with van der Waals surface area (Å²) in [5.41, 5.74) is 0.113. The first-order chi connectivity index (χ1) is 5.68. The molecular formula is C9H22Cl2N2O. The fourth-order valence-electron chi connectivity index (χ4n) is 2.02. The van der Waals surface area contributed by atoms with E-state index in [-0.39, 0.29) is 30.2 Å². The first-order valence-corrected chi connectivity index (χ1v) is 4.65. The average molecular weight is 245 g/mol. The van der Waals surface area contributed by atoms with Crippen molar-refractivity contribution in [2.45, 2.75) is 12.8 Å². The summed E-state index contributed by atoms with van der Waals surface area (Å²) in [6.07, 6.45) is 2.34. The van der Waals surface area contributed by atoms with E-state index in [0.717, 1.165) is 26.1 Å². The zero-order valence-corrected chi connectivity index (χ0v) is 10.6. The second-order valence-electron chi connectivity index (χ2n) is 4.18. The molecule has 1 atom stereocenters. The molecule has 1 aliphatic rings. The van der Waals surface area contributed by atoms with Crippen molar-refractivity contribution in [3.05, 3.63) is 0 Å². The van der Waals surface area contributed by atoms with Gasteiger partial charge in [0.1, 0.15) is 0 Å². The van der Waals surface area contributed by atoms with Crippen molar-refractivity contribution in [3.63, 3.8) is 0 Å². The number of hydrogen-bond donors (Lipinski definition) is 2. The first kappa shape index (κ1) is 16.9. The number of halogens is 2. The van der Waals surface area contributed by atoms with Gasteiger partial charge in [0, 0.05) is 18.5 Å². The smallest absolute Gasteiger partial charge is 0.0511 e. The summed E-state index contributed by atoms with van der Waals surface area (Å²) in [5, 5.41) is 12.7. The van der Waals surface area contributed by atoms with Crippen LogP contribution in [0.5, 0.6) is 0 Å². The Labute approximate surface area is 99.1 Å². The summed E-state index contributed by atoms with van der Waals surface area (Å²) >= 11 is 0. The predicted molar refractivity (Wildman–Crippen MR) is 64.7 cm³/mol. The molecule has 1 saturated heterocycles. The molecule has 5 heteroatoms. The van der Waals surface area contributed by atoms with Gasteiger partial charge in [-0.3, -0.25) is 0 Å². The zero-order chi connectivity index (χ0) is 9.03. The Morgan fingerprint density at radius 1 is 1.36 bits per heavy atom. The fourth-order valence-corrected chi connectivity index (χ4v) is 2.02. The highest BCUT2D eigenvalue weighted by atomic mass is 35.5. The van der Waals surface area contributed by atoms with E-state index in [1.54, 1.807) is 0 Å². The second-order valence-corrected chi connectivity index (χ2v) is 4.18. The summed E-state index contributed by atoms with van der Waals surface area (Å²) < 4.78 is 0. The van der Waals surface area contributed by atoms with Crippen LogP contribution in [-0.4, -0.2) is 50.3 Å². The van der Waals surface area contributed by atoms with Crippen LogP contribution in [0.2, 0.25) is 0 Å². The molecule has 0 spiro atoms. The molecule has 0 saturated carbocycles. The third kappa shape index (κ3) is 4.80. The molecule has 0 amide bonds. The van der Waals surface area contributed by atoms with Gasteiger partial charge in [0.15, 0.2) is 0 Å². The first-order valence-electron chi connectivity index (χ1n) is 4.65. The van der Waals surface area contributed by atoms with Crippen molar-refractivity contribution < 1.29 is 5.11 Å². The van der Waals surface area contributed by atoms with Crippen molar-refractivity contribution in [3.8, 4) is 0 Å². The van der Waals surface area contributed by atoms with Crippen LogP contribution >= 0.6 is 24.8 Å². The molecule has 88 valence electrons. The van der Waals surface area contributed by atoms with Gasteiger partial charge in [0.25, 0.3) is 0 Å². The molecule has 0 aromatic carbocycles. The maximum Gasteiger partial charge on any atom is 0.0511 e. The Morgan fingerprint density at radius 2 is 2.00 bits per heavy atom. The Morgan fingerprint density at radius 3 is 2.36 bits per heavy atom. The van der Waals surface area contributed by atoms with Gasteiger partial charge < -0.3 is 15.3 Å². The number of piperidine rings is 1. The number of hydrogen-bond acceptors (Lipinski definition) is 3. The van der Waals surface area contributed by atoms with Crippen LogP contribution in [0, 0.1) is 5.41 Å². The molecule has 1 aliphatic heterocycles. The Hall–Kier alpha value is 0.460. The van der Waals surface area contributed by atoms with E-state index in [2.05, 4.69) is 24.3 Å². The highest BCUT2D eigenvalue weighted by Crippen LogP contribution is 2.25. The van der Waals surface area contributed by atoms with Crippen molar-refractivity contribution >= 4 is 24.8 Å². The monoisotopic (exact) mass is 244 g/mol. The molecule has 1 heterocycles. The van der Waals surface area contributed by atoms with Crippen molar-refractivity contribution in [1.82, 2.24) is 10.2 Å². The van der Waals surface area contributed by atoms with Crippen LogP contribution in [0.25, 0.3) is 0 Å². The van der Waals surface area contributed by atoms with Crippen LogP contribution in [0.15, 0.2) is 0 Å². The van der Waals surface area contributed by atoms with Gasteiger partial charge in [-0.2, -0.15) is 0 Å². The van der Waals surface area contributed by atoms with Gasteiger partial charge in [-0.1, -0.05) is 0 Å². The minimum atomic E-state index is 0. The molecule has 0 bridgehead atoms. The lowest BCUT2D eigenvalue weighted by Crippen LogP contribution is -2.48. The van der Waals surface area contributed by atoms with Crippen LogP contribution in [0.3, 0.4) is 0 Å². The van der Waals surface area contributed by atoms with Crippen LogP contribution in [0.1, 0.15) is 12.8 Å². The lowest BCUT2D eigenvalue weighted by molar-refractivity contribution is 0.0670. The largest absolute Gasteiger partial charge is 0.396 e. The molecule has 0 radical (unpaired) electrons.